The summed E-state index contributed by atoms with van der Waals surface area (Å²) in [6.07, 6.45) is -4.44. The molecule has 0 saturated carbocycles. The molecule has 6 heteroatoms. The third-order valence-electron chi connectivity index (χ3n) is 4.17. The topological polar surface area (TPSA) is 39.4 Å². The summed E-state index contributed by atoms with van der Waals surface area (Å²) in [4.78, 5) is 12.8. The normalized spacial score (nSPS) is 12.2. The molecule has 25 heavy (non-hydrogen) atoms. The first-order valence-corrected chi connectivity index (χ1v) is 7.43. The van der Waals surface area contributed by atoms with E-state index in [1.807, 2.05) is 0 Å². The summed E-state index contributed by atoms with van der Waals surface area (Å²) in [5, 5.41) is 1.36. The molecule has 0 atom stereocenters. The first-order chi connectivity index (χ1) is 11.9. The molecule has 0 aliphatic heterocycles. The molecule has 0 aliphatic rings. The maximum atomic E-state index is 12.9. The molecule has 0 radical (unpaired) electrons. The van der Waals surface area contributed by atoms with Gasteiger partial charge in [0.25, 0.3) is 0 Å². The predicted octanol–water partition coefficient (Wildman–Crippen LogP) is 5.13. The van der Waals surface area contributed by atoms with Gasteiger partial charge in [0, 0.05) is 0 Å². The molecule has 3 aromatic carbocycles. The maximum absolute atomic E-state index is 12.9. The Kier molecular flexibility index (Phi) is 3.25. The highest BCUT2D eigenvalue weighted by atomic mass is 19.4. The Labute approximate surface area is 139 Å². The van der Waals surface area contributed by atoms with Crippen molar-refractivity contribution in [3.05, 3.63) is 64.3 Å². The van der Waals surface area contributed by atoms with Crippen molar-refractivity contribution >= 4 is 32.7 Å². The van der Waals surface area contributed by atoms with E-state index in [2.05, 4.69) is 0 Å². The van der Waals surface area contributed by atoms with Gasteiger partial charge in [-0.1, -0.05) is 12.1 Å². The molecule has 0 bridgehead atoms. The van der Waals surface area contributed by atoms with Gasteiger partial charge in [-0.2, -0.15) is 13.2 Å². The molecule has 0 saturated heterocycles. The maximum Gasteiger partial charge on any atom is 0.416 e. The van der Waals surface area contributed by atoms with Crippen LogP contribution < -0.4 is 10.2 Å². The van der Waals surface area contributed by atoms with E-state index in [0.29, 0.717) is 27.7 Å². The van der Waals surface area contributed by atoms with Crippen molar-refractivity contribution in [2.75, 3.05) is 7.11 Å². The molecule has 0 fully saturated rings. The van der Waals surface area contributed by atoms with Gasteiger partial charge in [0.05, 0.1) is 18.1 Å². The van der Waals surface area contributed by atoms with Gasteiger partial charge in [-0.25, -0.2) is 0 Å². The van der Waals surface area contributed by atoms with E-state index in [4.69, 9.17) is 9.15 Å². The van der Waals surface area contributed by atoms with Crippen molar-refractivity contribution in [3.63, 3.8) is 0 Å². The van der Waals surface area contributed by atoms with Crippen LogP contribution in [0.5, 0.6) is 5.75 Å². The molecule has 0 N–H and O–H groups in total. The van der Waals surface area contributed by atoms with Crippen molar-refractivity contribution in [2.45, 2.75) is 6.18 Å². The number of methoxy groups -OCH3 is 1. The van der Waals surface area contributed by atoms with E-state index >= 15 is 0 Å². The Hall–Kier alpha value is -3.02. The quantitative estimate of drug-likeness (QED) is 0.450. The van der Waals surface area contributed by atoms with Crippen molar-refractivity contribution in [1.82, 2.24) is 0 Å². The summed E-state index contributed by atoms with van der Waals surface area (Å²) in [6.45, 7) is 0. The highest BCUT2D eigenvalue weighted by molar-refractivity contribution is 6.00. The lowest BCUT2D eigenvalue weighted by molar-refractivity contribution is -0.137. The summed E-state index contributed by atoms with van der Waals surface area (Å²) in [5.41, 5.74) is -0.420. The van der Waals surface area contributed by atoms with Gasteiger partial charge in [-0.05, 0) is 47.2 Å². The average Bonchev–Trinajstić information content (AvgIpc) is 2.58. The first-order valence-electron chi connectivity index (χ1n) is 7.43. The minimum atomic E-state index is -4.44. The van der Waals surface area contributed by atoms with Gasteiger partial charge in [0.1, 0.15) is 22.3 Å². The van der Waals surface area contributed by atoms with Crippen LogP contribution in [0.25, 0.3) is 32.7 Å². The average molecular weight is 344 g/mol. The van der Waals surface area contributed by atoms with Gasteiger partial charge in [-0.15, -0.1) is 0 Å². The molecule has 1 heterocycles. The fraction of sp³-hybridized carbons (Fsp3) is 0.105. The van der Waals surface area contributed by atoms with E-state index in [9.17, 15) is 18.0 Å². The number of halogens is 3. The van der Waals surface area contributed by atoms with Gasteiger partial charge in [0.15, 0.2) is 0 Å². The number of alkyl halides is 3. The first kappa shape index (κ1) is 15.5. The van der Waals surface area contributed by atoms with Crippen LogP contribution in [0.3, 0.4) is 0 Å². The van der Waals surface area contributed by atoms with Crippen LogP contribution in [-0.4, -0.2) is 7.11 Å². The molecule has 1 aromatic heterocycles. The molecule has 0 aliphatic carbocycles. The van der Waals surface area contributed by atoms with Crippen LogP contribution >= 0.6 is 0 Å². The van der Waals surface area contributed by atoms with Crippen molar-refractivity contribution in [2.24, 2.45) is 0 Å². The lowest BCUT2D eigenvalue weighted by Crippen LogP contribution is -2.05. The third-order valence-corrected chi connectivity index (χ3v) is 4.17. The summed E-state index contributed by atoms with van der Waals surface area (Å²) in [5.74, 6) is 0.359. The summed E-state index contributed by atoms with van der Waals surface area (Å²) >= 11 is 0. The molecule has 3 nitrogen and oxygen atoms in total. The Morgan fingerprint density at radius 1 is 0.960 bits per heavy atom. The van der Waals surface area contributed by atoms with E-state index in [1.165, 1.54) is 19.2 Å². The van der Waals surface area contributed by atoms with E-state index in [-0.39, 0.29) is 16.2 Å². The zero-order valence-corrected chi connectivity index (χ0v) is 13.0. The van der Waals surface area contributed by atoms with Crippen LogP contribution in [0.15, 0.2) is 57.7 Å². The minimum absolute atomic E-state index is 0.212. The van der Waals surface area contributed by atoms with E-state index in [1.54, 1.807) is 24.3 Å². The number of fused-ring (bicyclic) bond motifs is 3. The van der Waals surface area contributed by atoms with E-state index in [0.717, 1.165) is 12.1 Å². The smallest absolute Gasteiger partial charge is 0.416 e. The molecule has 4 aromatic rings. The van der Waals surface area contributed by atoms with Gasteiger partial charge in [-0.3, -0.25) is 4.79 Å². The van der Waals surface area contributed by atoms with Gasteiger partial charge in [0.2, 0.25) is 5.43 Å². The second-order valence-electron chi connectivity index (χ2n) is 5.67. The second kappa shape index (κ2) is 5.24. The number of hydrogen-bond donors (Lipinski definition) is 0. The van der Waals surface area contributed by atoms with Crippen LogP contribution in [-0.2, 0) is 6.18 Å². The van der Waals surface area contributed by atoms with Crippen LogP contribution in [0, 0.1) is 0 Å². The molecular formula is C19H11F3O3. The Morgan fingerprint density at radius 2 is 1.76 bits per heavy atom. The zero-order chi connectivity index (χ0) is 17.8. The third kappa shape index (κ3) is 2.41. The van der Waals surface area contributed by atoms with Gasteiger partial charge < -0.3 is 9.15 Å². The van der Waals surface area contributed by atoms with Crippen LogP contribution in [0.2, 0.25) is 0 Å². The van der Waals surface area contributed by atoms with E-state index < -0.39 is 11.7 Å². The van der Waals surface area contributed by atoms with Crippen molar-refractivity contribution < 1.29 is 22.3 Å². The molecule has 0 spiro atoms. The largest absolute Gasteiger partial charge is 0.496 e. The lowest BCUT2D eigenvalue weighted by Gasteiger charge is -2.09. The van der Waals surface area contributed by atoms with Gasteiger partial charge >= 0.3 is 6.18 Å². The highest BCUT2D eigenvalue weighted by Gasteiger charge is 2.30. The Balaban J connectivity index is 2.11. The molecular weight excluding hydrogens is 333 g/mol. The lowest BCUT2D eigenvalue weighted by atomic mass is 10.0. The number of ether oxygens (including phenoxy) is 1. The number of hydrogen-bond acceptors (Lipinski definition) is 3. The predicted molar refractivity (Wildman–Crippen MR) is 89.1 cm³/mol. The van der Waals surface area contributed by atoms with Crippen LogP contribution in [0.4, 0.5) is 13.2 Å². The molecule has 4 rings (SSSR count). The molecule has 0 amide bonds. The summed E-state index contributed by atoms with van der Waals surface area (Å²) in [7, 11) is 1.44. The standard InChI is InChI=1S/C19H11F3O3/c1-24-14-3-2-4-15-17(14)18(23)13-8-11-7-12(19(20,21)22)6-5-10(11)9-16(13)25-15/h2-9H,1H3. The minimum Gasteiger partial charge on any atom is -0.496 e. The SMILES string of the molecule is COc1cccc2oc3cc4ccc(C(F)(F)F)cc4cc3c(=O)c12. The number of benzene rings is 3. The Morgan fingerprint density at radius 3 is 2.48 bits per heavy atom. The Bertz CT molecular complexity index is 1190. The van der Waals surface area contributed by atoms with Crippen LogP contribution in [0.1, 0.15) is 5.56 Å². The zero-order valence-electron chi connectivity index (χ0n) is 13.0. The molecule has 0 unspecified atom stereocenters. The second-order valence-corrected chi connectivity index (χ2v) is 5.67. The fourth-order valence-electron chi connectivity index (χ4n) is 2.96. The van der Waals surface area contributed by atoms with Crippen molar-refractivity contribution in [3.8, 4) is 5.75 Å². The summed E-state index contributed by atoms with van der Waals surface area (Å²) < 4.78 is 49.7. The number of rotatable bonds is 1. The fourth-order valence-corrected chi connectivity index (χ4v) is 2.96. The summed E-state index contributed by atoms with van der Waals surface area (Å²) in [6, 6.07) is 11.4. The monoisotopic (exact) mass is 344 g/mol. The highest BCUT2D eigenvalue weighted by Crippen LogP contribution is 2.33. The molecule has 126 valence electrons. The van der Waals surface area contributed by atoms with Crippen molar-refractivity contribution in [1.29, 1.82) is 0 Å².